The Balaban J connectivity index is 4.59. The SMILES string of the molecule is CCCCC(C)(OC)C(=O)CP(=O)(O)OCC. The van der Waals surface area contributed by atoms with Crippen molar-refractivity contribution in [2.24, 2.45) is 0 Å². The van der Waals surface area contributed by atoms with Crippen molar-refractivity contribution in [3.63, 3.8) is 0 Å². The van der Waals surface area contributed by atoms with Crippen molar-refractivity contribution >= 4 is 13.4 Å². The van der Waals surface area contributed by atoms with Crippen LogP contribution in [0.5, 0.6) is 0 Å². The normalized spacial score (nSPS) is 18.4. The van der Waals surface area contributed by atoms with Crippen molar-refractivity contribution in [3.05, 3.63) is 0 Å². The van der Waals surface area contributed by atoms with Crippen LogP contribution in [0, 0.1) is 0 Å². The minimum absolute atomic E-state index is 0.111. The Bertz CT molecular complexity index is 292. The van der Waals surface area contributed by atoms with Gasteiger partial charge in [-0.25, -0.2) is 0 Å². The first kappa shape index (κ1) is 16.8. The minimum Gasteiger partial charge on any atom is -0.371 e. The van der Waals surface area contributed by atoms with Crippen LogP contribution in [0.3, 0.4) is 0 Å². The Morgan fingerprint density at radius 1 is 1.41 bits per heavy atom. The molecule has 1 N–H and O–H groups in total. The van der Waals surface area contributed by atoms with Gasteiger partial charge in [0.05, 0.1) is 6.61 Å². The van der Waals surface area contributed by atoms with Crippen LogP contribution in [0.25, 0.3) is 0 Å². The second-order valence-electron chi connectivity index (χ2n) is 4.18. The van der Waals surface area contributed by atoms with E-state index in [9.17, 15) is 14.3 Å². The first-order chi connectivity index (χ1) is 7.81. The zero-order chi connectivity index (χ0) is 13.5. The molecule has 0 aliphatic carbocycles. The topological polar surface area (TPSA) is 72.8 Å². The van der Waals surface area contributed by atoms with Gasteiger partial charge in [0.25, 0.3) is 0 Å². The van der Waals surface area contributed by atoms with Gasteiger partial charge < -0.3 is 14.2 Å². The zero-order valence-electron chi connectivity index (χ0n) is 11.1. The summed E-state index contributed by atoms with van der Waals surface area (Å²) in [6.45, 7) is 5.38. The number of unbranched alkanes of at least 4 members (excludes halogenated alkanes) is 1. The maximum Gasteiger partial charge on any atom is 0.335 e. The molecule has 2 unspecified atom stereocenters. The van der Waals surface area contributed by atoms with Gasteiger partial charge in [-0.1, -0.05) is 19.8 Å². The average molecular weight is 266 g/mol. The van der Waals surface area contributed by atoms with Gasteiger partial charge in [-0.2, -0.15) is 0 Å². The molecule has 0 amide bonds. The quantitative estimate of drug-likeness (QED) is 0.648. The van der Waals surface area contributed by atoms with Crippen molar-refractivity contribution < 1.29 is 23.5 Å². The summed E-state index contributed by atoms with van der Waals surface area (Å²) in [6.07, 6.45) is 1.83. The number of rotatable bonds is 9. The summed E-state index contributed by atoms with van der Waals surface area (Å²) in [7, 11) is -2.38. The van der Waals surface area contributed by atoms with Crippen LogP contribution in [-0.2, 0) is 18.6 Å². The lowest BCUT2D eigenvalue weighted by Crippen LogP contribution is -2.39. The van der Waals surface area contributed by atoms with Gasteiger partial charge in [0.1, 0.15) is 11.8 Å². The maximum atomic E-state index is 12.0. The molecular weight excluding hydrogens is 243 g/mol. The Kier molecular flexibility index (Phi) is 7.17. The first-order valence-electron chi connectivity index (χ1n) is 5.86. The highest BCUT2D eigenvalue weighted by molar-refractivity contribution is 7.53. The largest absolute Gasteiger partial charge is 0.371 e. The van der Waals surface area contributed by atoms with Crippen molar-refractivity contribution in [1.29, 1.82) is 0 Å². The highest BCUT2D eigenvalue weighted by atomic mass is 31.2. The molecule has 0 fully saturated rings. The maximum absolute atomic E-state index is 12.0. The Hall–Kier alpha value is -0.220. The van der Waals surface area contributed by atoms with E-state index in [0.717, 1.165) is 12.8 Å². The Morgan fingerprint density at radius 3 is 2.41 bits per heavy atom. The first-order valence-corrected chi connectivity index (χ1v) is 7.62. The molecule has 0 heterocycles. The molecule has 0 bridgehead atoms. The summed E-state index contributed by atoms with van der Waals surface area (Å²) in [6, 6.07) is 0. The average Bonchev–Trinajstić information content (AvgIpc) is 2.24. The lowest BCUT2D eigenvalue weighted by Gasteiger charge is -2.27. The third-order valence-corrected chi connectivity index (χ3v) is 4.07. The molecule has 6 heteroatoms. The minimum atomic E-state index is -3.82. The van der Waals surface area contributed by atoms with Gasteiger partial charge in [-0.3, -0.25) is 9.36 Å². The molecule has 0 saturated heterocycles. The Labute approximate surface area is 103 Å². The molecule has 0 rings (SSSR count). The van der Waals surface area contributed by atoms with Gasteiger partial charge >= 0.3 is 7.60 Å². The fourth-order valence-electron chi connectivity index (χ4n) is 1.47. The van der Waals surface area contributed by atoms with Crippen molar-refractivity contribution in [3.8, 4) is 0 Å². The van der Waals surface area contributed by atoms with E-state index in [0.29, 0.717) is 6.42 Å². The van der Waals surface area contributed by atoms with Crippen LogP contribution in [-0.4, -0.2) is 36.2 Å². The molecule has 17 heavy (non-hydrogen) atoms. The number of hydrogen-bond donors (Lipinski definition) is 1. The Morgan fingerprint density at radius 2 is 2.00 bits per heavy atom. The smallest absolute Gasteiger partial charge is 0.335 e. The van der Waals surface area contributed by atoms with Crippen molar-refractivity contribution in [1.82, 2.24) is 0 Å². The molecule has 0 aliphatic rings. The number of carbonyl (C=O) groups is 1. The van der Waals surface area contributed by atoms with Crippen molar-refractivity contribution in [2.45, 2.75) is 45.6 Å². The lowest BCUT2D eigenvalue weighted by molar-refractivity contribution is -0.137. The van der Waals surface area contributed by atoms with E-state index in [1.807, 2.05) is 6.92 Å². The third-order valence-electron chi connectivity index (χ3n) is 2.72. The van der Waals surface area contributed by atoms with Gasteiger partial charge in [0, 0.05) is 7.11 Å². The number of Topliss-reactive ketones (excluding diaryl/α,β-unsaturated/α-hetero) is 1. The number of hydrogen-bond acceptors (Lipinski definition) is 4. The lowest BCUT2D eigenvalue weighted by atomic mass is 9.95. The standard InChI is InChI=1S/C11H23O5P/c1-5-7-8-11(3,15-4)10(12)9-17(13,14)16-6-2/h5-9H2,1-4H3,(H,13,14). The van der Waals surface area contributed by atoms with Gasteiger partial charge in [0.2, 0.25) is 0 Å². The van der Waals surface area contributed by atoms with E-state index in [-0.39, 0.29) is 12.4 Å². The zero-order valence-corrected chi connectivity index (χ0v) is 12.0. The van der Waals surface area contributed by atoms with Crippen LogP contribution in [0.2, 0.25) is 0 Å². The predicted octanol–water partition coefficient (Wildman–Crippen LogP) is 2.37. The fraction of sp³-hybridized carbons (Fsp3) is 0.909. The number of methoxy groups -OCH3 is 1. The van der Waals surface area contributed by atoms with Crippen LogP contribution >= 0.6 is 7.60 Å². The highest BCUT2D eigenvalue weighted by Crippen LogP contribution is 2.43. The molecule has 5 nitrogen and oxygen atoms in total. The van der Waals surface area contributed by atoms with E-state index in [1.165, 1.54) is 7.11 Å². The fourth-order valence-corrected chi connectivity index (χ4v) is 2.66. The number of ether oxygens (including phenoxy) is 1. The summed E-state index contributed by atoms with van der Waals surface area (Å²) in [5.74, 6) is -0.382. The second kappa shape index (κ2) is 7.27. The van der Waals surface area contributed by atoms with Crippen LogP contribution in [0.4, 0.5) is 0 Å². The molecule has 0 radical (unpaired) electrons. The molecule has 0 aromatic carbocycles. The van der Waals surface area contributed by atoms with Gasteiger partial charge in [0.15, 0.2) is 5.78 Å². The molecule has 0 spiro atoms. The molecular formula is C11H23O5P. The number of carbonyl (C=O) groups excluding carboxylic acids is 1. The van der Waals surface area contributed by atoms with E-state index in [1.54, 1.807) is 13.8 Å². The molecule has 0 aromatic heterocycles. The summed E-state index contributed by atoms with van der Waals surface area (Å²) < 4.78 is 21.4. The van der Waals surface area contributed by atoms with E-state index >= 15 is 0 Å². The molecule has 2 atom stereocenters. The van der Waals surface area contributed by atoms with Crippen LogP contribution in [0.1, 0.15) is 40.0 Å². The summed E-state index contributed by atoms with van der Waals surface area (Å²) in [5, 5.41) is 0. The number of ketones is 1. The molecule has 0 aliphatic heterocycles. The molecule has 102 valence electrons. The summed E-state index contributed by atoms with van der Waals surface area (Å²) in [4.78, 5) is 21.4. The van der Waals surface area contributed by atoms with E-state index < -0.39 is 19.4 Å². The molecule has 0 saturated carbocycles. The summed E-state index contributed by atoms with van der Waals surface area (Å²) >= 11 is 0. The van der Waals surface area contributed by atoms with Crippen LogP contribution in [0.15, 0.2) is 0 Å². The predicted molar refractivity (Wildman–Crippen MR) is 66.3 cm³/mol. The van der Waals surface area contributed by atoms with Gasteiger partial charge in [-0.05, 0) is 20.3 Å². The van der Waals surface area contributed by atoms with Gasteiger partial charge in [-0.15, -0.1) is 0 Å². The van der Waals surface area contributed by atoms with E-state index in [4.69, 9.17) is 4.74 Å². The summed E-state index contributed by atoms with van der Waals surface area (Å²) in [5.41, 5.74) is -0.995. The second-order valence-corrected chi connectivity index (χ2v) is 6.02. The highest BCUT2D eigenvalue weighted by Gasteiger charge is 2.37. The third kappa shape index (κ3) is 5.77. The monoisotopic (exact) mass is 266 g/mol. The molecule has 0 aromatic rings. The van der Waals surface area contributed by atoms with Crippen molar-refractivity contribution in [2.75, 3.05) is 19.9 Å². The van der Waals surface area contributed by atoms with Crippen LogP contribution < -0.4 is 0 Å². The van der Waals surface area contributed by atoms with E-state index in [2.05, 4.69) is 4.52 Å².